The second-order valence-electron chi connectivity index (χ2n) is 5.38. The van der Waals surface area contributed by atoms with Crippen molar-refractivity contribution in [3.8, 4) is 0 Å². The molecular weight excluding hydrogens is 172 g/mol. The van der Waals surface area contributed by atoms with Crippen molar-refractivity contribution in [2.24, 2.45) is 5.92 Å². The molecule has 2 saturated heterocycles. The monoisotopic (exact) mass is 196 g/mol. The summed E-state index contributed by atoms with van der Waals surface area (Å²) in [4.78, 5) is 2.46. The lowest BCUT2D eigenvalue weighted by molar-refractivity contribution is 0.109. The number of likely N-dealkylation sites (tertiary alicyclic amines) is 1. The molecule has 0 saturated carbocycles. The van der Waals surface area contributed by atoms with Crippen molar-refractivity contribution in [2.45, 2.75) is 44.6 Å². The molecule has 2 aliphatic rings. The Balaban J connectivity index is 1.92. The van der Waals surface area contributed by atoms with E-state index in [0.29, 0.717) is 5.54 Å². The lowest BCUT2D eigenvalue weighted by Crippen LogP contribution is -2.54. The summed E-state index contributed by atoms with van der Waals surface area (Å²) in [5.41, 5.74) is 0.458. The molecule has 0 amide bonds. The van der Waals surface area contributed by atoms with Gasteiger partial charge in [-0.1, -0.05) is 6.42 Å². The van der Waals surface area contributed by atoms with Crippen LogP contribution in [-0.2, 0) is 0 Å². The molecule has 2 heterocycles. The molecule has 2 fully saturated rings. The molecule has 0 aliphatic carbocycles. The zero-order valence-corrected chi connectivity index (χ0v) is 9.68. The average molecular weight is 196 g/mol. The van der Waals surface area contributed by atoms with Gasteiger partial charge in [0.15, 0.2) is 0 Å². The van der Waals surface area contributed by atoms with Crippen LogP contribution in [0.5, 0.6) is 0 Å². The van der Waals surface area contributed by atoms with Crippen molar-refractivity contribution in [1.82, 2.24) is 10.2 Å². The predicted octanol–water partition coefficient (Wildman–Crippen LogP) is 1.86. The minimum absolute atomic E-state index is 0.458. The maximum absolute atomic E-state index is 3.76. The van der Waals surface area contributed by atoms with E-state index in [1.165, 1.54) is 51.7 Å². The van der Waals surface area contributed by atoms with Crippen molar-refractivity contribution < 1.29 is 0 Å². The first-order chi connectivity index (χ1) is 6.71. The van der Waals surface area contributed by atoms with Gasteiger partial charge in [-0.15, -0.1) is 0 Å². The SMILES string of the molecule is CN1CCC(C2(C)CCCCN2)CC1. The molecule has 14 heavy (non-hydrogen) atoms. The van der Waals surface area contributed by atoms with Crippen LogP contribution >= 0.6 is 0 Å². The topological polar surface area (TPSA) is 15.3 Å². The highest BCUT2D eigenvalue weighted by molar-refractivity contribution is 4.94. The fraction of sp³-hybridized carbons (Fsp3) is 1.00. The molecule has 2 nitrogen and oxygen atoms in total. The first-order valence-electron chi connectivity index (χ1n) is 6.14. The minimum atomic E-state index is 0.458. The fourth-order valence-corrected chi connectivity index (χ4v) is 3.07. The van der Waals surface area contributed by atoms with E-state index in [1.54, 1.807) is 0 Å². The summed E-state index contributed by atoms with van der Waals surface area (Å²) < 4.78 is 0. The van der Waals surface area contributed by atoms with E-state index < -0.39 is 0 Å². The smallest absolute Gasteiger partial charge is 0.0182 e. The molecule has 2 rings (SSSR count). The van der Waals surface area contributed by atoms with E-state index in [1.807, 2.05) is 0 Å². The van der Waals surface area contributed by atoms with Crippen LogP contribution in [0.1, 0.15) is 39.0 Å². The molecule has 1 N–H and O–H groups in total. The molecule has 0 spiro atoms. The van der Waals surface area contributed by atoms with Crippen LogP contribution in [0, 0.1) is 5.92 Å². The normalized spacial score (nSPS) is 37.3. The Bertz CT molecular complexity index is 177. The highest BCUT2D eigenvalue weighted by Crippen LogP contribution is 2.33. The third-order valence-corrected chi connectivity index (χ3v) is 4.27. The Labute approximate surface area is 88.1 Å². The van der Waals surface area contributed by atoms with Gasteiger partial charge in [-0.2, -0.15) is 0 Å². The lowest BCUT2D eigenvalue weighted by atomic mass is 9.74. The van der Waals surface area contributed by atoms with Crippen LogP contribution in [-0.4, -0.2) is 37.1 Å². The number of nitrogens with one attached hydrogen (secondary N) is 1. The molecular formula is C12H24N2. The summed E-state index contributed by atoms with van der Waals surface area (Å²) in [5.74, 6) is 0.916. The predicted molar refractivity (Wildman–Crippen MR) is 60.5 cm³/mol. The van der Waals surface area contributed by atoms with Crippen molar-refractivity contribution in [3.05, 3.63) is 0 Å². The van der Waals surface area contributed by atoms with Gasteiger partial charge in [0.2, 0.25) is 0 Å². The number of nitrogens with zero attached hydrogens (tertiary/aromatic N) is 1. The van der Waals surface area contributed by atoms with E-state index in [9.17, 15) is 0 Å². The quantitative estimate of drug-likeness (QED) is 0.688. The summed E-state index contributed by atoms with van der Waals surface area (Å²) in [6.07, 6.45) is 6.97. The molecule has 1 unspecified atom stereocenters. The van der Waals surface area contributed by atoms with Crippen LogP contribution in [0.4, 0.5) is 0 Å². The van der Waals surface area contributed by atoms with Crippen molar-refractivity contribution in [3.63, 3.8) is 0 Å². The summed E-state index contributed by atoms with van der Waals surface area (Å²) >= 11 is 0. The van der Waals surface area contributed by atoms with Gasteiger partial charge in [-0.05, 0) is 65.2 Å². The molecule has 0 aromatic rings. The molecule has 82 valence electrons. The maximum atomic E-state index is 3.76. The number of rotatable bonds is 1. The molecule has 0 bridgehead atoms. The van der Waals surface area contributed by atoms with Crippen LogP contribution < -0.4 is 5.32 Å². The highest BCUT2D eigenvalue weighted by atomic mass is 15.1. The zero-order chi connectivity index (χ0) is 10.0. The van der Waals surface area contributed by atoms with Crippen molar-refractivity contribution >= 4 is 0 Å². The van der Waals surface area contributed by atoms with Gasteiger partial charge in [0.25, 0.3) is 0 Å². The highest BCUT2D eigenvalue weighted by Gasteiger charge is 2.36. The summed E-state index contributed by atoms with van der Waals surface area (Å²) in [6, 6.07) is 0. The molecule has 0 aromatic carbocycles. The summed E-state index contributed by atoms with van der Waals surface area (Å²) in [5, 5.41) is 3.76. The first-order valence-corrected chi connectivity index (χ1v) is 6.14. The third kappa shape index (κ3) is 2.12. The summed E-state index contributed by atoms with van der Waals surface area (Å²) in [6.45, 7) is 6.27. The van der Waals surface area contributed by atoms with Gasteiger partial charge in [-0.25, -0.2) is 0 Å². The van der Waals surface area contributed by atoms with Crippen LogP contribution in [0.15, 0.2) is 0 Å². The van der Waals surface area contributed by atoms with Gasteiger partial charge in [0, 0.05) is 5.54 Å². The first kappa shape index (κ1) is 10.4. The van der Waals surface area contributed by atoms with Gasteiger partial charge in [-0.3, -0.25) is 0 Å². The standard InChI is InChI=1S/C12H24N2/c1-12(7-3-4-8-13-12)11-5-9-14(2)10-6-11/h11,13H,3-10H2,1-2H3. The van der Waals surface area contributed by atoms with E-state index >= 15 is 0 Å². The second-order valence-corrected chi connectivity index (χ2v) is 5.38. The number of hydrogen-bond donors (Lipinski definition) is 1. The van der Waals surface area contributed by atoms with Gasteiger partial charge >= 0.3 is 0 Å². The van der Waals surface area contributed by atoms with E-state index in [-0.39, 0.29) is 0 Å². The Morgan fingerprint density at radius 1 is 1.21 bits per heavy atom. The summed E-state index contributed by atoms with van der Waals surface area (Å²) in [7, 11) is 2.24. The lowest BCUT2D eigenvalue weighted by Gasteiger charge is -2.45. The van der Waals surface area contributed by atoms with E-state index in [4.69, 9.17) is 0 Å². The van der Waals surface area contributed by atoms with Crippen molar-refractivity contribution in [1.29, 1.82) is 0 Å². The number of hydrogen-bond acceptors (Lipinski definition) is 2. The number of piperidine rings is 2. The van der Waals surface area contributed by atoms with Crippen LogP contribution in [0.3, 0.4) is 0 Å². The largest absolute Gasteiger partial charge is 0.311 e. The molecule has 0 aromatic heterocycles. The fourth-order valence-electron chi connectivity index (χ4n) is 3.07. The third-order valence-electron chi connectivity index (χ3n) is 4.27. The Hall–Kier alpha value is -0.0800. The minimum Gasteiger partial charge on any atom is -0.311 e. The molecule has 2 heteroatoms. The maximum Gasteiger partial charge on any atom is 0.0182 e. The van der Waals surface area contributed by atoms with Gasteiger partial charge in [0.1, 0.15) is 0 Å². The Morgan fingerprint density at radius 3 is 2.50 bits per heavy atom. The van der Waals surface area contributed by atoms with E-state index in [0.717, 1.165) is 5.92 Å². The second kappa shape index (κ2) is 4.19. The van der Waals surface area contributed by atoms with E-state index in [2.05, 4.69) is 24.2 Å². The van der Waals surface area contributed by atoms with Crippen LogP contribution in [0.2, 0.25) is 0 Å². The Kier molecular flexibility index (Phi) is 3.13. The molecule has 2 aliphatic heterocycles. The van der Waals surface area contributed by atoms with Crippen molar-refractivity contribution in [2.75, 3.05) is 26.7 Å². The van der Waals surface area contributed by atoms with Gasteiger partial charge < -0.3 is 10.2 Å². The zero-order valence-electron chi connectivity index (χ0n) is 9.68. The molecule has 0 radical (unpaired) electrons. The van der Waals surface area contributed by atoms with Gasteiger partial charge in [0.05, 0.1) is 0 Å². The molecule has 1 atom stereocenters. The Morgan fingerprint density at radius 2 is 1.93 bits per heavy atom. The van der Waals surface area contributed by atoms with Crippen LogP contribution in [0.25, 0.3) is 0 Å². The average Bonchev–Trinajstić information content (AvgIpc) is 2.19.